The number of esters is 1. The van der Waals surface area contributed by atoms with Gasteiger partial charge in [0.05, 0.1) is 0 Å². The van der Waals surface area contributed by atoms with E-state index in [0.29, 0.717) is 19.3 Å². The van der Waals surface area contributed by atoms with Gasteiger partial charge in [0.1, 0.15) is 6.10 Å². The fourth-order valence-corrected chi connectivity index (χ4v) is 2.76. The number of fused-ring (bicyclic) bond motifs is 1. The van der Waals surface area contributed by atoms with Crippen molar-refractivity contribution in [2.75, 3.05) is 0 Å². The summed E-state index contributed by atoms with van der Waals surface area (Å²) in [5, 5.41) is 0. The molecule has 0 aromatic heterocycles. The molecule has 3 heteroatoms. The first-order valence-electron chi connectivity index (χ1n) is 8.43. The van der Waals surface area contributed by atoms with E-state index in [9.17, 15) is 9.59 Å². The molecule has 0 spiro atoms. The van der Waals surface area contributed by atoms with Gasteiger partial charge in [-0.05, 0) is 25.3 Å². The quantitative estimate of drug-likeness (QED) is 0.419. The molecule has 2 rings (SSSR count). The molecule has 1 aliphatic heterocycles. The molecule has 0 unspecified atom stereocenters. The van der Waals surface area contributed by atoms with Crippen LogP contribution in [0.2, 0.25) is 0 Å². The minimum absolute atomic E-state index is 0.0722. The summed E-state index contributed by atoms with van der Waals surface area (Å²) in [6.07, 6.45) is 14.3. The van der Waals surface area contributed by atoms with Gasteiger partial charge in [-0.25, -0.2) is 0 Å². The molecule has 1 heterocycles. The Morgan fingerprint density at radius 1 is 1.22 bits per heavy atom. The number of carbonyl (C=O) groups is 2. The monoisotopic (exact) mass is 312 g/mol. The van der Waals surface area contributed by atoms with Crippen molar-refractivity contribution < 1.29 is 14.3 Å². The molecule has 0 saturated heterocycles. The van der Waals surface area contributed by atoms with Crippen LogP contribution >= 0.6 is 0 Å². The van der Waals surface area contributed by atoms with E-state index in [2.05, 4.69) is 24.0 Å². The summed E-state index contributed by atoms with van der Waals surface area (Å²) >= 11 is 0. The highest BCUT2D eigenvalue weighted by Crippen LogP contribution is 2.26. The second kappa shape index (κ2) is 9.15. The standard InChI is InChI=1S/C20H24O3/c1-2-3-6-10-17-13-14-18-16(12-15-19(18)21)9-7-4-5-8-11-20(22)23-17/h4,7,12,14-17H,2,5,8-11,13H2,1H3/b7-4-,18-14+/t16-,17-/m0/s1. The Balaban J connectivity index is 2.13. The van der Waals surface area contributed by atoms with E-state index in [1.807, 2.05) is 19.1 Å². The van der Waals surface area contributed by atoms with Crippen LogP contribution in [0, 0.1) is 17.8 Å². The van der Waals surface area contributed by atoms with E-state index in [0.717, 1.165) is 31.3 Å². The van der Waals surface area contributed by atoms with Crippen LogP contribution < -0.4 is 0 Å². The number of hydrogen-bond donors (Lipinski definition) is 0. The normalized spacial score (nSPS) is 28.8. The zero-order valence-electron chi connectivity index (χ0n) is 13.7. The van der Waals surface area contributed by atoms with Gasteiger partial charge in [0.2, 0.25) is 0 Å². The highest BCUT2D eigenvalue weighted by atomic mass is 16.5. The van der Waals surface area contributed by atoms with Gasteiger partial charge in [0.15, 0.2) is 5.78 Å². The molecule has 1 aliphatic carbocycles. The number of ketones is 1. The highest BCUT2D eigenvalue weighted by Gasteiger charge is 2.23. The average Bonchev–Trinajstić information content (AvgIpc) is 2.88. The summed E-state index contributed by atoms with van der Waals surface area (Å²) in [5.41, 5.74) is 0.818. The maximum absolute atomic E-state index is 12.0. The van der Waals surface area contributed by atoms with E-state index in [1.54, 1.807) is 6.08 Å². The number of allylic oxidation sites excluding steroid dienone is 5. The molecular formula is C20H24O3. The minimum Gasteiger partial charge on any atom is -0.461 e. The molecule has 0 fully saturated rings. The number of cyclic esters (lactones) is 1. The molecule has 0 N–H and O–H groups in total. The summed E-state index contributed by atoms with van der Waals surface area (Å²) in [5.74, 6) is 6.11. The van der Waals surface area contributed by atoms with Gasteiger partial charge < -0.3 is 4.74 Å². The molecule has 2 atom stereocenters. The van der Waals surface area contributed by atoms with E-state index >= 15 is 0 Å². The van der Waals surface area contributed by atoms with E-state index in [1.165, 1.54) is 0 Å². The Kier molecular flexibility index (Phi) is 6.87. The van der Waals surface area contributed by atoms with E-state index in [4.69, 9.17) is 4.74 Å². The number of rotatable bonds is 1. The molecule has 0 saturated carbocycles. The van der Waals surface area contributed by atoms with E-state index in [-0.39, 0.29) is 23.8 Å². The van der Waals surface area contributed by atoms with Gasteiger partial charge in [-0.15, -0.1) is 5.92 Å². The van der Waals surface area contributed by atoms with Crippen LogP contribution in [-0.4, -0.2) is 17.9 Å². The highest BCUT2D eigenvalue weighted by molar-refractivity contribution is 6.07. The summed E-state index contributed by atoms with van der Waals surface area (Å²) in [7, 11) is 0. The van der Waals surface area contributed by atoms with Gasteiger partial charge >= 0.3 is 5.97 Å². The lowest BCUT2D eigenvalue weighted by molar-refractivity contribution is -0.148. The Bertz CT molecular complexity index is 584. The number of ether oxygens (including phenoxy) is 1. The third kappa shape index (κ3) is 5.56. The van der Waals surface area contributed by atoms with Crippen molar-refractivity contribution in [3.63, 3.8) is 0 Å². The molecular weight excluding hydrogens is 288 g/mol. The van der Waals surface area contributed by atoms with Crippen LogP contribution in [0.15, 0.2) is 36.0 Å². The lowest BCUT2D eigenvalue weighted by Gasteiger charge is -2.15. The minimum atomic E-state index is -0.267. The largest absolute Gasteiger partial charge is 0.461 e. The SMILES string of the molecule is CCC#CC[C@H]1C/C=C2/C(=O)C=C[C@@H]2C/C=C\CCCC(=O)O1. The van der Waals surface area contributed by atoms with Gasteiger partial charge in [0, 0.05) is 37.2 Å². The van der Waals surface area contributed by atoms with Crippen molar-refractivity contribution in [3.8, 4) is 11.8 Å². The van der Waals surface area contributed by atoms with Gasteiger partial charge in [-0.3, -0.25) is 9.59 Å². The van der Waals surface area contributed by atoms with Gasteiger partial charge in [0.25, 0.3) is 0 Å². The summed E-state index contributed by atoms with van der Waals surface area (Å²) in [4.78, 5) is 23.9. The van der Waals surface area contributed by atoms with Gasteiger partial charge in [-0.2, -0.15) is 0 Å². The van der Waals surface area contributed by atoms with E-state index < -0.39 is 0 Å². The van der Waals surface area contributed by atoms with Crippen LogP contribution in [0.25, 0.3) is 0 Å². The lowest BCUT2D eigenvalue weighted by Crippen LogP contribution is -2.17. The first-order chi connectivity index (χ1) is 11.2. The van der Waals surface area contributed by atoms with Crippen LogP contribution in [-0.2, 0) is 14.3 Å². The Hall–Kier alpha value is -2.08. The lowest BCUT2D eigenvalue weighted by atomic mass is 9.96. The zero-order valence-corrected chi connectivity index (χ0v) is 13.7. The Morgan fingerprint density at radius 3 is 2.91 bits per heavy atom. The third-order valence-electron chi connectivity index (χ3n) is 4.00. The third-order valence-corrected chi connectivity index (χ3v) is 4.00. The summed E-state index contributed by atoms with van der Waals surface area (Å²) < 4.78 is 5.55. The molecule has 3 nitrogen and oxygen atoms in total. The number of hydrogen-bond acceptors (Lipinski definition) is 3. The predicted octanol–water partition coefficient (Wildman–Crippen LogP) is 3.90. The molecule has 23 heavy (non-hydrogen) atoms. The van der Waals surface area contributed by atoms with Gasteiger partial charge in [-0.1, -0.05) is 37.1 Å². The maximum Gasteiger partial charge on any atom is 0.306 e. The zero-order chi connectivity index (χ0) is 16.5. The molecule has 0 aromatic rings. The second-order valence-corrected chi connectivity index (χ2v) is 5.85. The number of carbonyl (C=O) groups excluding carboxylic acids is 2. The maximum atomic E-state index is 12.0. The Labute approximate surface area is 138 Å². The molecule has 0 aromatic carbocycles. The second-order valence-electron chi connectivity index (χ2n) is 5.85. The fourth-order valence-electron chi connectivity index (χ4n) is 2.76. The van der Waals surface area contributed by atoms with Crippen LogP contribution in [0.1, 0.15) is 51.9 Å². The average molecular weight is 312 g/mol. The predicted molar refractivity (Wildman–Crippen MR) is 90.5 cm³/mol. The van der Waals surface area contributed by atoms with Crippen molar-refractivity contribution in [2.24, 2.45) is 5.92 Å². The van der Waals surface area contributed by atoms with Crippen molar-refractivity contribution in [3.05, 3.63) is 36.0 Å². The molecule has 2 aliphatic rings. The van der Waals surface area contributed by atoms with Crippen molar-refractivity contribution >= 4 is 11.8 Å². The topological polar surface area (TPSA) is 43.4 Å². The van der Waals surface area contributed by atoms with Crippen molar-refractivity contribution in [1.29, 1.82) is 0 Å². The van der Waals surface area contributed by atoms with Crippen LogP contribution in [0.4, 0.5) is 0 Å². The Morgan fingerprint density at radius 2 is 2.09 bits per heavy atom. The molecule has 0 amide bonds. The first-order valence-corrected chi connectivity index (χ1v) is 8.43. The van der Waals surface area contributed by atoms with Crippen LogP contribution in [0.3, 0.4) is 0 Å². The smallest absolute Gasteiger partial charge is 0.306 e. The fraction of sp³-hybridized carbons (Fsp3) is 0.500. The molecule has 122 valence electrons. The molecule has 0 bridgehead atoms. The summed E-state index contributed by atoms with van der Waals surface area (Å²) in [6.45, 7) is 1.99. The molecule has 0 radical (unpaired) electrons. The van der Waals surface area contributed by atoms with Crippen LogP contribution in [0.5, 0.6) is 0 Å². The first kappa shape index (κ1) is 17.3. The van der Waals surface area contributed by atoms with Crippen molar-refractivity contribution in [2.45, 2.75) is 58.0 Å². The summed E-state index contributed by atoms with van der Waals surface area (Å²) in [6, 6.07) is 0. The van der Waals surface area contributed by atoms with Crippen molar-refractivity contribution in [1.82, 2.24) is 0 Å².